The summed E-state index contributed by atoms with van der Waals surface area (Å²) in [5.41, 5.74) is 0.649. The first kappa shape index (κ1) is 14.4. The number of hydrogen-bond donors (Lipinski definition) is 1. The lowest BCUT2D eigenvalue weighted by atomic mass is 10.1. The highest BCUT2D eigenvalue weighted by Crippen LogP contribution is 2.31. The van der Waals surface area contributed by atoms with E-state index in [1.54, 1.807) is 18.4 Å². The molecule has 1 atom stereocenters. The molecule has 0 aliphatic carbocycles. The Morgan fingerprint density at radius 2 is 1.85 bits per heavy atom. The molecule has 0 saturated carbocycles. The fourth-order valence-corrected chi connectivity index (χ4v) is 1.91. The number of halogens is 3. The second-order valence-corrected chi connectivity index (χ2v) is 4.35. The lowest BCUT2D eigenvalue weighted by molar-refractivity contribution is -0.137. The van der Waals surface area contributed by atoms with Crippen molar-refractivity contribution < 1.29 is 18.3 Å². The highest BCUT2D eigenvalue weighted by Gasteiger charge is 2.30. The van der Waals surface area contributed by atoms with E-state index in [9.17, 15) is 18.3 Å². The van der Waals surface area contributed by atoms with Gasteiger partial charge in [0.15, 0.2) is 0 Å². The van der Waals surface area contributed by atoms with Gasteiger partial charge in [0, 0.05) is 11.9 Å². The van der Waals surface area contributed by atoms with Gasteiger partial charge in [-0.05, 0) is 42.8 Å². The summed E-state index contributed by atoms with van der Waals surface area (Å²) < 4.78 is 37.5. The molecule has 1 aromatic rings. The van der Waals surface area contributed by atoms with Crippen molar-refractivity contribution in [2.45, 2.75) is 19.3 Å². The van der Waals surface area contributed by atoms with Gasteiger partial charge in [-0.3, -0.25) is 0 Å². The van der Waals surface area contributed by atoms with Gasteiger partial charge < -0.3 is 10.0 Å². The van der Waals surface area contributed by atoms with Gasteiger partial charge in [-0.1, -0.05) is 18.2 Å². The number of alkyl halides is 3. The predicted molar refractivity (Wildman–Crippen MR) is 72.0 cm³/mol. The van der Waals surface area contributed by atoms with E-state index >= 15 is 0 Å². The van der Waals surface area contributed by atoms with Crippen LogP contribution in [-0.4, -0.2) is 11.3 Å². The Morgan fingerprint density at radius 1 is 1.20 bits per heavy atom. The lowest BCUT2D eigenvalue weighted by Gasteiger charge is -2.28. The molecule has 1 unspecified atom stereocenters. The molecule has 106 valence electrons. The summed E-state index contributed by atoms with van der Waals surface area (Å²) in [6.07, 6.45) is 3.47. The molecule has 0 spiro atoms. The van der Waals surface area contributed by atoms with Crippen molar-refractivity contribution in [2.75, 3.05) is 4.90 Å². The fourth-order valence-electron chi connectivity index (χ4n) is 1.91. The van der Waals surface area contributed by atoms with E-state index in [0.717, 1.165) is 17.7 Å². The third-order valence-electron chi connectivity index (χ3n) is 2.89. The van der Waals surface area contributed by atoms with E-state index in [0.29, 0.717) is 5.69 Å². The van der Waals surface area contributed by atoms with E-state index in [1.165, 1.54) is 17.0 Å². The highest BCUT2D eigenvalue weighted by atomic mass is 19.4. The van der Waals surface area contributed by atoms with E-state index < -0.39 is 18.0 Å². The molecule has 1 heterocycles. The monoisotopic (exact) mass is 281 g/mol. The quantitative estimate of drug-likeness (QED) is 0.889. The molecule has 0 fully saturated rings. The minimum atomic E-state index is -4.36. The van der Waals surface area contributed by atoms with E-state index in [2.05, 4.69) is 0 Å². The first-order valence-corrected chi connectivity index (χ1v) is 6.08. The zero-order valence-electron chi connectivity index (χ0n) is 10.8. The lowest BCUT2D eigenvalue weighted by Crippen LogP contribution is -2.30. The van der Waals surface area contributed by atoms with E-state index in [4.69, 9.17) is 0 Å². The maximum absolute atomic E-state index is 12.5. The van der Waals surface area contributed by atoms with Crippen LogP contribution in [0.4, 0.5) is 18.9 Å². The molecule has 0 saturated heterocycles. The van der Waals surface area contributed by atoms with Crippen LogP contribution < -0.4 is 4.90 Å². The SMILES string of the molecule is C/C=C/C1=CN(c2ccc(C(F)(F)F)cc2)C(O)C=C1. The van der Waals surface area contributed by atoms with Gasteiger partial charge in [0.1, 0.15) is 6.23 Å². The first-order valence-electron chi connectivity index (χ1n) is 6.08. The summed E-state index contributed by atoms with van der Waals surface area (Å²) in [4.78, 5) is 1.51. The summed E-state index contributed by atoms with van der Waals surface area (Å²) in [6.45, 7) is 1.86. The maximum atomic E-state index is 12.5. The van der Waals surface area contributed by atoms with Gasteiger partial charge in [0.2, 0.25) is 0 Å². The topological polar surface area (TPSA) is 23.5 Å². The maximum Gasteiger partial charge on any atom is 0.416 e. The third-order valence-corrected chi connectivity index (χ3v) is 2.89. The second-order valence-electron chi connectivity index (χ2n) is 4.35. The number of anilines is 1. The van der Waals surface area contributed by atoms with Gasteiger partial charge in [-0.2, -0.15) is 13.2 Å². The summed E-state index contributed by atoms with van der Waals surface area (Å²) in [7, 11) is 0. The Hall–Kier alpha value is -2.01. The molecule has 1 N–H and O–H groups in total. The molecule has 5 heteroatoms. The van der Waals surface area contributed by atoms with Crippen molar-refractivity contribution >= 4 is 5.69 Å². The fraction of sp³-hybridized carbons (Fsp3) is 0.200. The summed E-state index contributed by atoms with van der Waals surface area (Å²) in [6, 6.07) is 4.69. The molecule has 1 aliphatic rings. The highest BCUT2D eigenvalue weighted by molar-refractivity contribution is 5.55. The van der Waals surface area contributed by atoms with Crippen LogP contribution in [0, 0.1) is 0 Å². The van der Waals surface area contributed by atoms with Crippen molar-refractivity contribution in [1.29, 1.82) is 0 Å². The first-order chi connectivity index (χ1) is 9.41. The summed E-state index contributed by atoms with van der Waals surface area (Å²) in [5.74, 6) is 0. The standard InChI is InChI=1S/C15H14F3NO/c1-2-3-11-4-9-14(20)19(10-11)13-7-5-12(6-8-13)15(16,17)18/h2-10,14,20H,1H3/b3-2+. The third kappa shape index (κ3) is 3.11. The molecule has 20 heavy (non-hydrogen) atoms. The van der Waals surface area contributed by atoms with Crippen LogP contribution in [0.3, 0.4) is 0 Å². The Balaban J connectivity index is 2.29. The summed E-state index contributed by atoms with van der Waals surface area (Å²) >= 11 is 0. The molecular formula is C15H14F3NO. The average Bonchev–Trinajstić information content (AvgIpc) is 2.40. The predicted octanol–water partition coefficient (Wildman–Crippen LogP) is 3.86. The number of benzene rings is 1. The largest absolute Gasteiger partial charge is 0.416 e. The van der Waals surface area contributed by atoms with Crippen molar-refractivity contribution in [1.82, 2.24) is 0 Å². The molecule has 0 aromatic heterocycles. The summed E-state index contributed by atoms with van der Waals surface area (Å²) in [5, 5.41) is 9.89. The van der Waals surface area contributed by atoms with Crippen molar-refractivity contribution in [3.8, 4) is 0 Å². The van der Waals surface area contributed by atoms with Gasteiger partial charge >= 0.3 is 6.18 Å². The number of aliphatic hydroxyl groups excluding tert-OH is 1. The van der Waals surface area contributed by atoms with Crippen LogP contribution in [0.1, 0.15) is 12.5 Å². The zero-order chi connectivity index (χ0) is 14.8. The van der Waals surface area contributed by atoms with Gasteiger partial charge in [0.05, 0.1) is 5.56 Å². The van der Waals surface area contributed by atoms with Gasteiger partial charge in [-0.15, -0.1) is 0 Å². The van der Waals surface area contributed by atoms with Crippen molar-refractivity contribution in [3.05, 3.63) is 65.9 Å². The molecule has 2 rings (SSSR count). The minimum absolute atomic E-state index is 0.497. The van der Waals surface area contributed by atoms with Crippen LogP contribution in [0.5, 0.6) is 0 Å². The molecule has 2 nitrogen and oxygen atoms in total. The molecule has 0 amide bonds. The Labute approximate surface area is 115 Å². The van der Waals surface area contributed by atoms with E-state index in [-0.39, 0.29) is 0 Å². The van der Waals surface area contributed by atoms with Gasteiger partial charge in [0.25, 0.3) is 0 Å². The molecular weight excluding hydrogens is 267 g/mol. The van der Waals surface area contributed by atoms with Crippen LogP contribution in [-0.2, 0) is 6.18 Å². The van der Waals surface area contributed by atoms with Crippen LogP contribution in [0.2, 0.25) is 0 Å². The normalized spacial score (nSPS) is 19.6. The van der Waals surface area contributed by atoms with Crippen LogP contribution in [0.25, 0.3) is 0 Å². The average molecular weight is 281 g/mol. The molecule has 1 aromatic carbocycles. The van der Waals surface area contributed by atoms with Crippen molar-refractivity contribution in [3.63, 3.8) is 0 Å². The Kier molecular flexibility index (Phi) is 3.99. The number of allylic oxidation sites excluding steroid dienone is 4. The minimum Gasteiger partial charge on any atom is -0.370 e. The molecule has 0 radical (unpaired) electrons. The van der Waals surface area contributed by atoms with Crippen molar-refractivity contribution in [2.24, 2.45) is 0 Å². The molecule has 0 bridgehead atoms. The zero-order valence-corrected chi connectivity index (χ0v) is 10.8. The number of hydrogen-bond acceptors (Lipinski definition) is 2. The van der Waals surface area contributed by atoms with Crippen LogP contribution >= 0.6 is 0 Å². The smallest absolute Gasteiger partial charge is 0.370 e. The van der Waals surface area contributed by atoms with Gasteiger partial charge in [-0.25, -0.2) is 0 Å². The second kappa shape index (κ2) is 5.54. The molecule has 1 aliphatic heterocycles. The van der Waals surface area contributed by atoms with E-state index in [1.807, 2.05) is 19.1 Å². The number of aliphatic hydroxyl groups is 1. The Morgan fingerprint density at radius 3 is 2.40 bits per heavy atom. The Bertz CT molecular complexity index is 555. The van der Waals surface area contributed by atoms with Crippen LogP contribution in [0.15, 0.2) is 60.3 Å². The number of nitrogens with zero attached hydrogens (tertiary/aromatic N) is 1. The number of rotatable bonds is 2.